The minimum absolute atomic E-state index is 0.00180. The number of carbonyl (C=O) groups is 2. The van der Waals surface area contributed by atoms with E-state index in [1.54, 1.807) is 6.08 Å². The number of amides is 2. The number of hydrogen-bond donors (Lipinski definition) is 3. The number of aromatic nitrogens is 3. The van der Waals surface area contributed by atoms with Crippen LogP contribution in [0.2, 0.25) is 5.02 Å². The Balaban J connectivity index is 1.28. The van der Waals surface area contributed by atoms with Crippen LogP contribution >= 0.6 is 11.6 Å². The maximum absolute atomic E-state index is 13.6. The Bertz CT molecular complexity index is 1500. The zero-order chi connectivity index (χ0) is 27.1. The molecule has 3 N–H and O–H groups in total. The normalized spacial score (nSPS) is 18.3. The van der Waals surface area contributed by atoms with Crippen molar-refractivity contribution in [2.24, 2.45) is 0 Å². The Kier molecular flexibility index (Phi) is 6.79. The molecule has 0 aliphatic carbocycles. The van der Waals surface area contributed by atoms with Crippen molar-refractivity contribution in [1.82, 2.24) is 24.8 Å². The number of H-pyrrole nitrogens is 1. The number of aromatic amines is 1. The maximum atomic E-state index is 13.6. The van der Waals surface area contributed by atoms with Crippen LogP contribution in [0.25, 0.3) is 11.6 Å². The summed E-state index contributed by atoms with van der Waals surface area (Å²) in [6, 6.07) is 4.22. The summed E-state index contributed by atoms with van der Waals surface area (Å²) in [5, 5.41) is 5.85. The van der Waals surface area contributed by atoms with E-state index < -0.39 is 5.82 Å². The van der Waals surface area contributed by atoms with E-state index in [9.17, 15) is 14.0 Å². The molecule has 6 rings (SSSR count). The van der Waals surface area contributed by atoms with Crippen LogP contribution in [0.3, 0.4) is 0 Å². The summed E-state index contributed by atoms with van der Waals surface area (Å²) in [7, 11) is 0. The molecule has 0 spiro atoms. The summed E-state index contributed by atoms with van der Waals surface area (Å²) in [6.07, 6.45) is 3.77. The first-order chi connectivity index (χ1) is 18.9. The van der Waals surface area contributed by atoms with Gasteiger partial charge in [-0.15, -0.1) is 0 Å². The predicted molar refractivity (Wildman–Crippen MR) is 146 cm³/mol. The number of hydrogen-bond acceptors (Lipinski definition) is 7. The molecular formula is C27H27ClFN7O3. The maximum Gasteiger partial charge on any atom is 0.257 e. The standard InChI is InChI=1S/C27H27ClFN7O3/c1-15-21(33-20-4-5-36(27(38)22(15)20)7-6-35-8-10-39-11-9-35)13-17-23-24(30-14-31-25(23)34-26(17)37)32-16-2-3-19(29)18(28)12-16/h2-3,12-14,33H,4-11H2,1H3,(H2,30,31,32,34,37)/b17-13+. The smallest absolute Gasteiger partial charge is 0.257 e. The number of fused-ring (bicyclic) bond motifs is 2. The molecule has 0 atom stereocenters. The second kappa shape index (κ2) is 10.4. The van der Waals surface area contributed by atoms with Gasteiger partial charge >= 0.3 is 0 Å². The lowest BCUT2D eigenvalue weighted by atomic mass is 10.0. The minimum Gasteiger partial charge on any atom is -0.379 e. The number of halogens is 2. The van der Waals surface area contributed by atoms with Crippen molar-refractivity contribution < 1.29 is 18.7 Å². The fourth-order valence-corrected chi connectivity index (χ4v) is 5.40. The van der Waals surface area contributed by atoms with Crippen molar-refractivity contribution in [2.45, 2.75) is 13.3 Å². The molecule has 2 amide bonds. The van der Waals surface area contributed by atoms with Crippen molar-refractivity contribution >= 4 is 52.4 Å². The highest BCUT2D eigenvalue weighted by Gasteiger charge is 2.32. The average Bonchev–Trinajstić information content (AvgIpc) is 3.43. The third kappa shape index (κ3) is 4.88. The molecule has 39 heavy (non-hydrogen) atoms. The Hall–Kier alpha value is -3.80. The Morgan fingerprint density at radius 1 is 1.15 bits per heavy atom. The van der Waals surface area contributed by atoms with E-state index >= 15 is 0 Å². The van der Waals surface area contributed by atoms with E-state index in [1.165, 1.54) is 24.5 Å². The third-order valence-corrected chi connectivity index (χ3v) is 7.64. The molecule has 2 aromatic heterocycles. The molecule has 1 fully saturated rings. The Morgan fingerprint density at radius 2 is 1.97 bits per heavy atom. The van der Waals surface area contributed by atoms with Crippen molar-refractivity contribution in [3.05, 3.63) is 63.4 Å². The van der Waals surface area contributed by atoms with Gasteiger partial charge in [-0.1, -0.05) is 11.6 Å². The number of benzene rings is 1. The van der Waals surface area contributed by atoms with Gasteiger partial charge in [0.15, 0.2) is 0 Å². The molecule has 5 heterocycles. The molecule has 1 aromatic carbocycles. The fraction of sp³-hybridized carbons (Fsp3) is 0.333. The highest BCUT2D eigenvalue weighted by molar-refractivity contribution is 6.35. The van der Waals surface area contributed by atoms with Crippen LogP contribution in [0.1, 0.15) is 32.9 Å². The summed E-state index contributed by atoms with van der Waals surface area (Å²) < 4.78 is 19.1. The number of morpholine rings is 1. The quantitative estimate of drug-likeness (QED) is 0.402. The van der Waals surface area contributed by atoms with Gasteiger partial charge in [-0.05, 0) is 36.8 Å². The molecule has 1 saturated heterocycles. The van der Waals surface area contributed by atoms with Gasteiger partial charge in [0.25, 0.3) is 11.8 Å². The molecule has 3 aliphatic rings. The fourth-order valence-electron chi connectivity index (χ4n) is 5.22. The highest BCUT2D eigenvalue weighted by atomic mass is 35.5. The third-order valence-electron chi connectivity index (χ3n) is 7.35. The van der Waals surface area contributed by atoms with Crippen LogP contribution < -0.4 is 10.6 Å². The van der Waals surface area contributed by atoms with Crippen LogP contribution in [0.5, 0.6) is 0 Å². The van der Waals surface area contributed by atoms with E-state index in [4.69, 9.17) is 16.3 Å². The molecule has 0 saturated carbocycles. The van der Waals surface area contributed by atoms with Crippen LogP contribution in [0, 0.1) is 12.7 Å². The van der Waals surface area contributed by atoms with Crippen LogP contribution in [-0.2, 0) is 16.0 Å². The van der Waals surface area contributed by atoms with E-state index in [-0.39, 0.29) is 16.8 Å². The van der Waals surface area contributed by atoms with Crippen molar-refractivity contribution in [2.75, 3.05) is 56.6 Å². The number of ether oxygens (including phenoxy) is 1. The molecule has 0 bridgehead atoms. The number of nitrogens with one attached hydrogen (secondary N) is 3. The zero-order valence-electron chi connectivity index (χ0n) is 21.3. The summed E-state index contributed by atoms with van der Waals surface area (Å²) in [5.74, 6) is -0.148. The lowest BCUT2D eigenvalue weighted by Crippen LogP contribution is -2.45. The number of anilines is 3. The lowest BCUT2D eigenvalue weighted by molar-refractivity contribution is -0.110. The van der Waals surface area contributed by atoms with Gasteiger partial charge < -0.3 is 25.3 Å². The van der Waals surface area contributed by atoms with Gasteiger partial charge in [0.1, 0.15) is 23.8 Å². The van der Waals surface area contributed by atoms with Gasteiger partial charge in [-0.2, -0.15) is 0 Å². The minimum atomic E-state index is -0.534. The predicted octanol–water partition coefficient (Wildman–Crippen LogP) is 3.47. The summed E-state index contributed by atoms with van der Waals surface area (Å²) in [6.45, 7) is 7.22. The molecule has 3 aliphatic heterocycles. The topological polar surface area (TPSA) is 115 Å². The monoisotopic (exact) mass is 551 g/mol. The van der Waals surface area contributed by atoms with Gasteiger partial charge in [0.05, 0.1) is 34.9 Å². The molecule has 0 radical (unpaired) electrons. The molecular weight excluding hydrogens is 525 g/mol. The van der Waals surface area contributed by atoms with Crippen LogP contribution in [-0.4, -0.2) is 82.5 Å². The van der Waals surface area contributed by atoms with Gasteiger partial charge in [0, 0.05) is 56.2 Å². The van der Waals surface area contributed by atoms with Gasteiger partial charge in [-0.25, -0.2) is 14.4 Å². The SMILES string of the molecule is Cc1c(/C=C2/C(=O)Nc3ncnc(Nc4ccc(F)c(Cl)c4)c32)[nH]c2c1C(=O)N(CCN1CCOCC1)CC2. The van der Waals surface area contributed by atoms with Crippen molar-refractivity contribution in [3.63, 3.8) is 0 Å². The first-order valence-electron chi connectivity index (χ1n) is 12.8. The summed E-state index contributed by atoms with van der Waals surface area (Å²) in [5.41, 5.74) is 4.34. The first-order valence-corrected chi connectivity index (χ1v) is 13.2. The van der Waals surface area contributed by atoms with Crippen LogP contribution in [0.4, 0.5) is 21.7 Å². The number of rotatable bonds is 6. The van der Waals surface area contributed by atoms with Crippen LogP contribution in [0.15, 0.2) is 24.5 Å². The van der Waals surface area contributed by atoms with Gasteiger partial charge in [0.2, 0.25) is 0 Å². The van der Waals surface area contributed by atoms with Crippen molar-refractivity contribution in [1.29, 1.82) is 0 Å². The molecule has 3 aromatic rings. The summed E-state index contributed by atoms with van der Waals surface area (Å²) >= 11 is 5.94. The largest absolute Gasteiger partial charge is 0.379 e. The number of carbonyl (C=O) groups excluding carboxylic acids is 2. The average molecular weight is 552 g/mol. The molecule has 0 unspecified atom stereocenters. The Morgan fingerprint density at radius 3 is 2.77 bits per heavy atom. The van der Waals surface area contributed by atoms with Gasteiger partial charge in [-0.3, -0.25) is 14.5 Å². The summed E-state index contributed by atoms with van der Waals surface area (Å²) in [4.78, 5) is 42.5. The second-order valence-corrected chi connectivity index (χ2v) is 10.1. The van der Waals surface area contributed by atoms with Crippen molar-refractivity contribution in [3.8, 4) is 0 Å². The number of nitrogens with zero attached hydrogens (tertiary/aromatic N) is 4. The first kappa shape index (κ1) is 25.5. The van der Waals surface area contributed by atoms with E-state index in [2.05, 4.69) is 30.5 Å². The lowest BCUT2D eigenvalue weighted by Gasteiger charge is -2.32. The molecule has 12 heteroatoms. The molecule has 202 valence electrons. The van der Waals surface area contributed by atoms with E-state index in [1.807, 2.05) is 11.8 Å². The Labute approximate surface area is 229 Å². The zero-order valence-corrected chi connectivity index (χ0v) is 22.1. The molecule has 10 nitrogen and oxygen atoms in total. The van der Waals surface area contributed by atoms with E-state index in [0.29, 0.717) is 59.2 Å². The van der Waals surface area contributed by atoms with E-state index in [0.717, 1.165) is 44.1 Å². The highest BCUT2D eigenvalue weighted by Crippen LogP contribution is 2.38. The second-order valence-electron chi connectivity index (χ2n) is 9.73.